The number of hydrogen-bond acceptors (Lipinski definition) is 1. The summed E-state index contributed by atoms with van der Waals surface area (Å²) in [7, 11) is 0. The molecule has 0 fully saturated rings. The standard InChI is InChI=1S/C11H10ClN/c12-7-8-3-1-5-10-9(8)4-2-6-11(10)13/h1-6H,7,13H2. The van der Waals surface area contributed by atoms with Crippen molar-refractivity contribution < 1.29 is 0 Å². The fourth-order valence-electron chi connectivity index (χ4n) is 1.52. The zero-order valence-corrected chi connectivity index (χ0v) is 7.88. The second kappa shape index (κ2) is 3.27. The van der Waals surface area contributed by atoms with Gasteiger partial charge in [-0.25, -0.2) is 0 Å². The summed E-state index contributed by atoms with van der Waals surface area (Å²) in [6.45, 7) is 0. The summed E-state index contributed by atoms with van der Waals surface area (Å²) in [5.41, 5.74) is 7.78. The lowest BCUT2D eigenvalue weighted by Crippen LogP contribution is -1.88. The Kier molecular flexibility index (Phi) is 2.11. The van der Waals surface area contributed by atoms with Crippen LogP contribution in [0.25, 0.3) is 10.8 Å². The Bertz CT molecular complexity index is 437. The van der Waals surface area contributed by atoms with Crippen LogP contribution >= 0.6 is 11.6 Å². The van der Waals surface area contributed by atoms with E-state index in [1.54, 1.807) is 0 Å². The first-order chi connectivity index (χ1) is 6.33. The first kappa shape index (κ1) is 8.39. The molecule has 0 unspecified atom stereocenters. The quantitative estimate of drug-likeness (QED) is 0.544. The van der Waals surface area contributed by atoms with Gasteiger partial charge >= 0.3 is 0 Å². The highest BCUT2D eigenvalue weighted by atomic mass is 35.5. The molecule has 2 N–H and O–H groups in total. The Morgan fingerprint density at radius 3 is 2.46 bits per heavy atom. The van der Waals surface area contributed by atoms with Gasteiger partial charge in [-0.15, -0.1) is 11.6 Å². The van der Waals surface area contributed by atoms with Gasteiger partial charge < -0.3 is 5.73 Å². The maximum absolute atomic E-state index is 5.84. The highest BCUT2D eigenvalue weighted by Crippen LogP contribution is 2.24. The fraction of sp³-hybridized carbons (Fsp3) is 0.0909. The lowest BCUT2D eigenvalue weighted by Gasteiger charge is -2.04. The van der Waals surface area contributed by atoms with Crippen molar-refractivity contribution in [1.82, 2.24) is 0 Å². The first-order valence-electron chi connectivity index (χ1n) is 4.15. The molecule has 0 amide bonds. The number of hydrogen-bond donors (Lipinski definition) is 1. The number of nitrogens with two attached hydrogens (primary N) is 1. The van der Waals surface area contributed by atoms with Gasteiger partial charge in [-0.1, -0.05) is 30.3 Å². The maximum atomic E-state index is 5.84. The monoisotopic (exact) mass is 191 g/mol. The zero-order chi connectivity index (χ0) is 9.26. The van der Waals surface area contributed by atoms with Gasteiger partial charge in [-0.3, -0.25) is 0 Å². The minimum Gasteiger partial charge on any atom is -0.398 e. The molecule has 2 rings (SSSR count). The van der Waals surface area contributed by atoms with E-state index in [4.69, 9.17) is 17.3 Å². The lowest BCUT2D eigenvalue weighted by molar-refractivity contribution is 1.45. The number of halogens is 1. The van der Waals surface area contributed by atoms with E-state index in [1.807, 2.05) is 36.4 Å². The molecule has 0 aromatic heterocycles. The average molecular weight is 192 g/mol. The molecule has 2 aromatic rings. The normalized spacial score (nSPS) is 10.5. The van der Waals surface area contributed by atoms with Gasteiger partial charge in [0.25, 0.3) is 0 Å². The largest absolute Gasteiger partial charge is 0.398 e. The van der Waals surface area contributed by atoms with Crippen molar-refractivity contribution in [2.75, 3.05) is 5.73 Å². The van der Waals surface area contributed by atoms with Crippen LogP contribution in [0.4, 0.5) is 5.69 Å². The van der Waals surface area contributed by atoms with Crippen molar-refractivity contribution in [3.05, 3.63) is 42.0 Å². The molecule has 1 nitrogen and oxygen atoms in total. The molecule has 13 heavy (non-hydrogen) atoms. The van der Waals surface area contributed by atoms with E-state index in [9.17, 15) is 0 Å². The Labute approximate surface area is 82.1 Å². The van der Waals surface area contributed by atoms with Gasteiger partial charge in [0.05, 0.1) is 0 Å². The molecular formula is C11H10ClN. The van der Waals surface area contributed by atoms with Crippen LogP contribution in [0.3, 0.4) is 0 Å². The molecule has 66 valence electrons. The van der Waals surface area contributed by atoms with Crippen LogP contribution in [0.5, 0.6) is 0 Å². The summed E-state index contributed by atoms with van der Waals surface area (Å²) in [4.78, 5) is 0. The van der Waals surface area contributed by atoms with Crippen molar-refractivity contribution in [1.29, 1.82) is 0 Å². The van der Waals surface area contributed by atoms with E-state index in [2.05, 4.69) is 0 Å². The summed E-state index contributed by atoms with van der Waals surface area (Å²) < 4.78 is 0. The Balaban J connectivity index is 2.84. The first-order valence-corrected chi connectivity index (χ1v) is 4.68. The van der Waals surface area contributed by atoms with Crippen molar-refractivity contribution in [3.8, 4) is 0 Å². The predicted octanol–water partition coefficient (Wildman–Crippen LogP) is 3.16. The Morgan fingerprint density at radius 2 is 1.69 bits per heavy atom. The third kappa shape index (κ3) is 1.36. The maximum Gasteiger partial charge on any atom is 0.0480 e. The molecule has 0 spiro atoms. The number of fused-ring (bicyclic) bond motifs is 1. The summed E-state index contributed by atoms with van der Waals surface area (Å²) in [5.74, 6) is 0.529. The van der Waals surface area contributed by atoms with Crippen LogP contribution in [0.1, 0.15) is 5.56 Å². The molecule has 0 aliphatic heterocycles. The van der Waals surface area contributed by atoms with E-state index in [1.165, 1.54) is 0 Å². The second-order valence-electron chi connectivity index (χ2n) is 2.99. The topological polar surface area (TPSA) is 26.0 Å². The third-order valence-corrected chi connectivity index (χ3v) is 2.48. The Morgan fingerprint density at radius 1 is 1.00 bits per heavy atom. The van der Waals surface area contributed by atoms with Gasteiger partial charge in [0.1, 0.15) is 0 Å². The fourth-order valence-corrected chi connectivity index (χ4v) is 1.75. The molecule has 0 aliphatic rings. The van der Waals surface area contributed by atoms with Gasteiger partial charge in [0.2, 0.25) is 0 Å². The molecule has 2 heteroatoms. The van der Waals surface area contributed by atoms with Crippen molar-refractivity contribution >= 4 is 28.1 Å². The number of nitrogen functional groups attached to an aromatic ring is 1. The van der Waals surface area contributed by atoms with Gasteiger partial charge in [0.15, 0.2) is 0 Å². The predicted molar refractivity (Wildman–Crippen MR) is 57.9 cm³/mol. The van der Waals surface area contributed by atoms with Gasteiger partial charge in [-0.05, 0) is 17.0 Å². The number of anilines is 1. The van der Waals surface area contributed by atoms with E-state index < -0.39 is 0 Å². The molecule has 0 radical (unpaired) electrons. The minimum atomic E-state index is 0.529. The highest BCUT2D eigenvalue weighted by molar-refractivity contribution is 6.18. The minimum absolute atomic E-state index is 0.529. The zero-order valence-electron chi connectivity index (χ0n) is 7.13. The molecule has 0 saturated heterocycles. The van der Waals surface area contributed by atoms with Crippen molar-refractivity contribution in [3.63, 3.8) is 0 Å². The smallest absolute Gasteiger partial charge is 0.0480 e. The third-order valence-electron chi connectivity index (χ3n) is 2.19. The summed E-state index contributed by atoms with van der Waals surface area (Å²) in [6, 6.07) is 11.9. The molecule has 0 atom stereocenters. The van der Waals surface area contributed by atoms with E-state index in [0.29, 0.717) is 5.88 Å². The number of benzene rings is 2. The highest BCUT2D eigenvalue weighted by Gasteiger charge is 2.00. The Hall–Kier alpha value is -1.21. The molecule has 0 aliphatic carbocycles. The van der Waals surface area contributed by atoms with E-state index in [0.717, 1.165) is 22.0 Å². The van der Waals surface area contributed by atoms with E-state index in [-0.39, 0.29) is 0 Å². The molecule has 0 saturated carbocycles. The van der Waals surface area contributed by atoms with Crippen LogP contribution in [-0.2, 0) is 5.88 Å². The van der Waals surface area contributed by atoms with Crippen LogP contribution in [0.2, 0.25) is 0 Å². The number of alkyl halides is 1. The van der Waals surface area contributed by atoms with Gasteiger partial charge in [-0.2, -0.15) is 0 Å². The second-order valence-corrected chi connectivity index (χ2v) is 3.26. The van der Waals surface area contributed by atoms with Crippen LogP contribution in [0.15, 0.2) is 36.4 Å². The van der Waals surface area contributed by atoms with Crippen molar-refractivity contribution in [2.24, 2.45) is 0 Å². The summed E-state index contributed by atoms with van der Waals surface area (Å²) in [6.07, 6.45) is 0. The SMILES string of the molecule is Nc1cccc2c(CCl)cccc12. The lowest BCUT2D eigenvalue weighted by atomic mass is 10.0. The van der Waals surface area contributed by atoms with Crippen LogP contribution < -0.4 is 5.73 Å². The molecule has 2 aromatic carbocycles. The molecule has 0 heterocycles. The number of rotatable bonds is 1. The molecular weight excluding hydrogens is 182 g/mol. The van der Waals surface area contributed by atoms with E-state index >= 15 is 0 Å². The summed E-state index contributed by atoms with van der Waals surface area (Å²) in [5, 5.41) is 2.23. The van der Waals surface area contributed by atoms with Crippen molar-refractivity contribution in [2.45, 2.75) is 5.88 Å². The molecule has 0 bridgehead atoms. The van der Waals surface area contributed by atoms with Gasteiger partial charge in [0, 0.05) is 17.0 Å². The van der Waals surface area contributed by atoms with Crippen LogP contribution in [-0.4, -0.2) is 0 Å². The average Bonchev–Trinajstić information content (AvgIpc) is 2.18. The summed E-state index contributed by atoms with van der Waals surface area (Å²) >= 11 is 5.82. The van der Waals surface area contributed by atoms with Crippen LogP contribution in [0, 0.1) is 0 Å².